The van der Waals surface area contributed by atoms with Crippen LogP contribution in [0.3, 0.4) is 0 Å². The third-order valence-electron chi connectivity index (χ3n) is 24.3. The number of aliphatic carboxylic acids is 1. The minimum Gasteiger partial charge on any atom is -0.480 e. The van der Waals surface area contributed by atoms with Gasteiger partial charge in [0.1, 0.15) is 62.7 Å². The number of hydrogen-bond acceptors (Lipinski definition) is 27. The number of amides is 4. The lowest BCUT2D eigenvalue weighted by Gasteiger charge is -2.27. The molecule has 40 heteroatoms. The highest BCUT2D eigenvalue weighted by Crippen LogP contribution is 2.60. The molecule has 8 heterocycles. The lowest BCUT2D eigenvalue weighted by atomic mass is 10.00. The first-order valence-electron chi connectivity index (χ1n) is 48.4. The number of carbonyl (C=O) groups excluding carboxylic acids is 12. The molecular weight excluding hydrogens is 2050 g/mol. The highest BCUT2D eigenvalue weighted by molar-refractivity contribution is 9.10. The van der Waals surface area contributed by atoms with Crippen LogP contribution in [0, 0.1) is 24.7 Å². The van der Waals surface area contributed by atoms with Gasteiger partial charge in [0.25, 0.3) is 0 Å². The number of aromatic carboxylic acids is 1. The van der Waals surface area contributed by atoms with Crippen LogP contribution in [0.5, 0.6) is 0 Å². The lowest BCUT2D eigenvalue weighted by Crippen LogP contribution is -2.47. The molecule has 10 aromatic rings. The SMILES string of the molecule is C=CCCCCO.C=CCCCCOC(=O)Cc1ccc2c(C(C)=O)nn(CC(=O)O)c2c1.C=CCCCCOC(=O)Cc1ccc2c(C(C)=O)nn(CC(C)=O)c2c1.C=CCCCCOC(=O)Nc1ccc2c(C(C)=O)nn(CC(=O)N3[C@H](C(=O)Nc4nc(Br)ccc4C)C[C@@]4(COCC=C)C[C@@H]34)c2c1.C=CCOC[C@@]12C[C@@H](C(=O)Nc3nc(Br)ccc3C)N[C@@H]1C2.CC(=O)Cn1nc(C(C)=O)c2ccc(C(=O)O)cc21.Cl. The van der Waals surface area contributed by atoms with E-state index < -0.39 is 24.1 Å². The first-order valence-corrected chi connectivity index (χ1v) is 49.9. The molecule has 6 atom stereocenters. The minimum atomic E-state index is -1.07. The number of ketones is 6. The number of Topliss-reactive ketones (excluding diaryl/α,β-unsaturated/α-hetero) is 6. The van der Waals surface area contributed by atoms with Crippen molar-refractivity contribution in [1.82, 2.24) is 59.3 Å². The standard InChI is InChI=1S/C34H39BrN6O6.C20H24N2O4.C19H22N2O5.C16H20BrN3O2.C13H12N2O4.C6H12O.ClH/c1-5-7-8-9-15-47-33(45)36-23-11-12-24-25(16-23)40(39-30(24)22(4)42)19-29(43)41-26(17-34(18-27(34)41)20-46-14-6-2)32(44)38-31-21(3)10-13-28(35)37-31;1-4-5-6-7-10-26-19(25)12-16-8-9-17-18(11-16)22(13-14(2)23)21-20(17)15(3)24;1-3-4-5-6-9-26-18(25)11-14-7-8-15-16(10-14)21(12-17(23)24)20-19(15)13(2)22;1-3-6-22-9-16-7-11(18-12(16)8-16)15(21)20-14-10(2)4-5-13(17)19-14;1-7(16)6-15-11-5-9(13(18)19)3-4-10(11)12(14-15)8(2)17;1-2-3-4-5-6-7;/h5-6,10-13,16,26-27H,1-2,7-9,14-15,17-20H2,3-4H3,(H,36,45)(H,37,38,44);4,8-9,11H,1,5-7,10,12-13H2,2-3H3;3,7-8,10H,1,4-6,9,11-12H2,2H3,(H,23,24);3-5,11-12,18H,1,6-9H2,2H3,(H,19,20,21);3-5H,6H2,1-2H3,(H,18,19);2,7H,1,3-6H2;1H/t26-,27+,34-;;;11-,12+,16-;;;/m0..0.../s1. The number of carboxylic acids is 2. The first kappa shape index (κ1) is 119. The highest BCUT2D eigenvalue weighted by atomic mass is 79.9. The molecule has 0 bridgehead atoms. The van der Waals surface area contributed by atoms with Gasteiger partial charge in [0.05, 0.1) is 106 Å². The van der Waals surface area contributed by atoms with Gasteiger partial charge in [-0.2, -0.15) is 20.4 Å². The molecule has 2 aliphatic carbocycles. The Morgan fingerprint density at radius 3 is 1.30 bits per heavy atom. The number of anilines is 3. The van der Waals surface area contributed by atoms with Crippen LogP contribution in [0.1, 0.15) is 219 Å². The zero-order valence-corrected chi connectivity index (χ0v) is 88.6. The van der Waals surface area contributed by atoms with Crippen LogP contribution < -0.4 is 21.3 Å². The summed E-state index contributed by atoms with van der Waals surface area (Å²) >= 11 is 6.68. The van der Waals surface area contributed by atoms with Gasteiger partial charge in [-0.25, -0.2) is 19.6 Å². The number of unbranched alkanes of at least 4 members (excludes halogenated alkanes) is 8. The number of esters is 2. The van der Waals surface area contributed by atoms with Crippen LogP contribution in [0.2, 0.25) is 0 Å². The molecule has 4 fully saturated rings. The number of nitrogens with zero attached hydrogens (tertiary/aromatic N) is 11. The predicted octanol–water partition coefficient (Wildman–Crippen LogP) is 17.5. The molecule has 4 amide bonds. The summed E-state index contributed by atoms with van der Waals surface area (Å²) in [7, 11) is 0. The molecule has 4 aliphatic rings. The summed E-state index contributed by atoms with van der Waals surface area (Å²) in [5.74, 6) is -3.53. The third-order valence-corrected chi connectivity index (χ3v) is 25.2. The molecule has 4 aromatic carbocycles. The van der Waals surface area contributed by atoms with Gasteiger partial charge in [0.2, 0.25) is 17.7 Å². The second-order valence-corrected chi connectivity index (χ2v) is 37.9. The Morgan fingerprint density at radius 1 is 0.459 bits per heavy atom. The predicted molar refractivity (Wildman–Crippen MR) is 571 cm³/mol. The van der Waals surface area contributed by atoms with E-state index in [-0.39, 0.29) is 168 Å². The maximum Gasteiger partial charge on any atom is 0.411 e. The van der Waals surface area contributed by atoms with Crippen LogP contribution in [-0.2, 0) is 101 Å². The van der Waals surface area contributed by atoms with E-state index in [2.05, 4.69) is 123 Å². The Labute approximate surface area is 881 Å². The van der Waals surface area contributed by atoms with Crippen molar-refractivity contribution in [3.8, 4) is 0 Å². The van der Waals surface area contributed by atoms with Crippen LogP contribution in [0.4, 0.5) is 22.1 Å². The summed E-state index contributed by atoms with van der Waals surface area (Å²) < 4.78 is 34.0. The minimum absolute atomic E-state index is 0. The van der Waals surface area contributed by atoms with Crippen LogP contribution in [0.15, 0.2) is 182 Å². The molecule has 2 saturated carbocycles. The molecule has 0 radical (unpaired) electrons. The molecule has 14 rings (SSSR count). The number of rotatable bonds is 49. The number of fused-ring (bicyclic) bond motifs is 6. The number of likely N-dealkylation sites (tertiary alicyclic amines) is 1. The second kappa shape index (κ2) is 58.1. The van der Waals surface area contributed by atoms with Crippen molar-refractivity contribution >= 4 is 188 Å². The third kappa shape index (κ3) is 34.4. The van der Waals surface area contributed by atoms with Gasteiger partial charge >= 0.3 is 30.0 Å². The van der Waals surface area contributed by atoms with E-state index >= 15 is 0 Å². The molecule has 7 N–H and O–H groups in total. The summed E-state index contributed by atoms with van der Waals surface area (Å²) in [5, 5.41) is 57.4. The quantitative estimate of drug-likeness (QED) is 0.00465. The zero-order valence-electron chi connectivity index (χ0n) is 84.6. The van der Waals surface area contributed by atoms with E-state index in [1.165, 1.54) is 72.4 Å². The smallest absolute Gasteiger partial charge is 0.411 e. The number of hydrogen-bond donors (Lipinski definition) is 7. The molecule has 6 aromatic heterocycles. The summed E-state index contributed by atoms with van der Waals surface area (Å²) in [4.78, 5) is 179. The summed E-state index contributed by atoms with van der Waals surface area (Å²) in [6.45, 7) is 37.0. The van der Waals surface area contributed by atoms with Gasteiger partial charge in [-0.15, -0.1) is 51.9 Å². The molecule has 0 spiro atoms. The second-order valence-electron chi connectivity index (χ2n) is 36.3. The Balaban J connectivity index is 0.000000230. The van der Waals surface area contributed by atoms with Crippen molar-refractivity contribution in [2.45, 2.75) is 221 Å². The number of aliphatic hydroxyl groups is 1. The fraction of sp³-hybridized carbons (Fsp3) is 0.407. The largest absolute Gasteiger partial charge is 0.480 e. The average Bonchev–Trinajstić information content (AvgIpc) is 1.51. The maximum absolute atomic E-state index is 14.1. The average molecular weight is 2190 g/mol. The topological polar surface area (TPSA) is 494 Å². The van der Waals surface area contributed by atoms with Gasteiger partial charge < -0.3 is 59.9 Å². The van der Waals surface area contributed by atoms with Crippen molar-refractivity contribution in [1.29, 1.82) is 0 Å². The molecule has 790 valence electrons. The fourth-order valence-corrected chi connectivity index (χ4v) is 17.5. The Hall–Kier alpha value is -13.8. The van der Waals surface area contributed by atoms with Crippen LogP contribution >= 0.6 is 44.3 Å². The number of carboxylic acid groups (broad SMARTS) is 2. The number of benzene rings is 4. The van der Waals surface area contributed by atoms with E-state index in [0.717, 1.165) is 100 Å². The number of ether oxygens (including phenoxy) is 5. The van der Waals surface area contributed by atoms with Crippen molar-refractivity contribution in [2.75, 3.05) is 68.8 Å². The molecule has 37 nitrogen and oxygen atoms in total. The zero-order chi connectivity index (χ0) is 107. The maximum atomic E-state index is 14.1. The van der Waals surface area contributed by atoms with Crippen LogP contribution in [0.25, 0.3) is 43.6 Å². The van der Waals surface area contributed by atoms with E-state index in [1.54, 1.807) is 83.8 Å². The normalized spacial score (nSPS) is 16.1. The highest BCUT2D eigenvalue weighted by Gasteiger charge is 2.67. The molecule has 148 heavy (non-hydrogen) atoms. The van der Waals surface area contributed by atoms with Crippen molar-refractivity contribution in [3.63, 3.8) is 0 Å². The van der Waals surface area contributed by atoms with Gasteiger partial charge in [-0.3, -0.25) is 81.6 Å². The van der Waals surface area contributed by atoms with E-state index in [4.69, 9.17) is 39.0 Å². The molecular formula is C108H130Br2ClN15O22. The van der Waals surface area contributed by atoms with Gasteiger partial charge in [0, 0.05) is 84.4 Å². The van der Waals surface area contributed by atoms with Crippen molar-refractivity contribution in [2.24, 2.45) is 10.8 Å². The van der Waals surface area contributed by atoms with Gasteiger partial charge in [-0.05, 0) is 245 Å². The number of carbonyl (C=O) groups is 14. The Bertz CT molecular complexity index is 6420. The lowest BCUT2D eigenvalue weighted by molar-refractivity contribution is -0.143. The number of allylic oxidation sites excluding steroid dienone is 4. The Morgan fingerprint density at radius 2 is 0.872 bits per heavy atom. The van der Waals surface area contributed by atoms with Crippen LogP contribution in [-0.4, -0.2) is 229 Å². The van der Waals surface area contributed by atoms with E-state index in [9.17, 15) is 67.1 Å². The molecule has 2 aliphatic heterocycles. The molecule has 2 saturated heterocycles. The number of aliphatic hydroxyl groups excluding tert-OH is 1. The fourth-order valence-electron chi connectivity index (χ4n) is 16.9. The number of halogens is 3. The first-order chi connectivity index (χ1) is 70.2. The number of piperidine rings is 2. The van der Waals surface area contributed by atoms with E-state index in [0.29, 0.717) is 153 Å². The van der Waals surface area contributed by atoms with E-state index in [1.807, 2.05) is 56.4 Å². The Kier molecular flexibility index (Phi) is 46.8. The number of aryl methyl sites for hydroxylation is 2. The van der Waals surface area contributed by atoms with Gasteiger partial charge in [0.15, 0.2) is 34.7 Å². The monoisotopic (exact) mass is 2180 g/mol. The van der Waals surface area contributed by atoms with Crippen molar-refractivity contribution < 1.29 is 106 Å². The summed E-state index contributed by atoms with van der Waals surface area (Å²) in [6, 6.07) is 26.5. The summed E-state index contributed by atoms with van der Waals surface area (Å²) in [6.07, 6.45) is 24.1. The number of nitrogens with one attached hydrogen (secondary N) is 4. The number of pyridine rings is 2. The van der Waals surface area contributed by atoms with Gasteiger partial charge in [-0.1, -0.05) is 72.9 Å². The molecule has 0 unspecified atom stereocenters. The summed E-state index contributed by atoms with van der Waals surface area (Å²) in [5.41, 5.74) is 6.59. The van der Waals surface area contributed by atoms with Crippen molar-refractivity contribution in [3.05, 3.63) is 233 Å². The number of aromatic nitrogens is 10.